The van der Waals surface area contributed by atoms with Crippen LogP contribution < -0.4 is 4.90 Å². The zero-order valence-electron chi connectivity index (χ0n) is 12.5. The van der Waals surface area contributed by atoms with Crippen LogP contribution in [-0.4, -0.2) is 22.7 Å². The van der Waals surface area contributed by atoms with Gasteiger partial charge in [0.2, 0.25) is 0 Å². The summed E-state index contributed by atoms with van der Waals surface area (Å²) in [5, 5.41) is 10.7. The first-order valence-corrected chi connectivity index (χ1v) is 9.01. The van der Waals surface area contributed by atoms with E-state index in [1.807, 2.05) is 0 Å². The molecule has 20 heavy (non-hydrogen) atoms. The molecule has 1 saturated carbocycles. The summed E-state index contributed by atoms with van der Waals surface area (Å²) in [7, 11) is 0. The van der Waals surface area contributed by atoms with Crippen molar-refractivity contribution in [3.8, 4) is 0 Å². The maximum atomic E-state index is 9.54. The lowest BCUT2D eigenvalue weighted by Crippen LogP contribution is -2.46. The first kappa shape index (κ1) is 14.3. The molecule has 1 aliphatic carbocycles. The van der Waals surface area contributed by atoms with E-state index in [1.54, 1.807) is 11.3 Å². The highest BCUT2D eigenvalue weighted by Crippen LogP contribution is 2.39. The molecule has 1 aromatic heterocycles. The smallest absolute Gasteiger partial charge is 0.186 e. The van der Waals surface area contributed by atoms with Crippen molar-refractivity contribution < 1.29 is 5.11 Å². The van der Waals surface area contributed by atoms with Gasteiger partial charge in [-0.15, -0.1) is 0 Å². The lowest BCUT2D eigenvalue weighted by Gasteiger charge is -2.44. The summed E-state index contributed by atoms with van der Waals surface area (Å²) in [6.45, 7) is 3.48. The van der Waals surface area contributed by atoms with Crippen molar-refractivity contribution in [3.63, 3.8) is 0 Å². The van der Waals surface area contributed by atoms with Crippen LogP contribution in [0, 0.1) is 5.92 Å². The van der Waals surface area contributed by atoms with E-state index in [0.29, 0.717) is 6.04 Å². The zero-order chi connectivity index (χ0) is 13.9. The Morgan fingerprint density at radius 1 is 1.25 bits per heavy atom. The van der Waals surface area contributed by atoms with Crippen LogP contribution in [0.4, 0.5) is 5.13 Å². The second-order valence-corrected chi connectivity index (χ2v) is 7.28. The minimum Gasteiger partial charge on any atom is -0.391 e. The predicted molar refractivity (Wildman–Crippen MR) is 84.4 cm³/mol. The standard InChI is InChI=1S/C16H26N2OS/c1-2-6-13-15(11-19)20-16(17-13)18-10-5-8-12-7-3-4-9-14(12)18/h12,14,19H,2-11H2,1H3/t12-,14-/m1/s1. The number of fused-ring (bicyclic) bond motifs is 1. The van der Waals surface area contributed by atoms with E-state index in [1.165, 1.54) is 43.7 Å². The van der Waals surface area contributed by atoms with E-state index in [-0.39, 0.29) is 6.61 Å². The second-order valence-electron chi connectivity index (χ2n) is 6.22. The van der Waals surface area contributed by atoms with Gasteiger partial charge >= 0.3 is 0 Å². The Morgan fingerprint density at radius 2 is 2.05 bits per heavy atom. The Bertz CT molecular complexity index is 444. The van der Waals surface area contributed by atoms with Crippen molar-refractivity contribution in [3.05, 3.63) is 10.6 Å². The number of nitrogens with zero attached hydrogens (tertiary/aromatic N) is 2. The van der Waals surface area contributed by atoms with E-state index in [0.717, 1.165) is 35.9 Å². The van der Waals surface area contributed by atoms with Crippen molar-refractivity contribution in [2.45, 2.75) is 70.9 Å². The molecule has 1 saturated heterocycles. The third-order valence-electron chi connectivity index (χ3n) is 4.89. The van der Waals surface area contributed by atoms with Crippen molar-refractivity contribution >= 4 is 16.5 Å². The fraction of sp³-hybridized carbons (Fsp3) is 0.812. The third kappa shape index (κ3) is 2.73. The molecule has 1 aliphatic heterocycles. The maximum absolute atomic E-state index is 9.54. The van der Waals surface area contributed by atoms with Crippen LogP contribution in [0.2, 0.25) is 0 Å². The molecule has 0 aromatic carbocycles. The molecule has 1 aromatic rings. The summed E-state index contributed by atoms with van der Waals surface area (Å²) in [5.41, 5.74) is 1.13. The first-order valence-electron chi connectivity index (χ1n) is 8.19. The number of aryl methyl sites for hydroxylation is 1. The molecule has 3 nitrogen and oxygen atoms in total. The van der Waals surface area contributed by atoms with Gasteiger partial charge in [0.25, 0.3) is 0 Å². The molecule has 2 atom stereocenters. The van der Waals surface area contributed by atoms with Crippen LogP contribution in [-0.2, 0) is 13.0 Å². The molecule has 2 aliphatic rings. The molecule has 112 valence electrons. The monoisotopic (exact) mass is 294 g/mol. The highest BCUT2D eigenvalue weighted by molar-refractivity contribution is 7.15. The lowest BCUT2D eigenvalue weighted by molar-refractivity contribution is 0.243. The van der Waals surface area contributed by atoms with Crippen LogP contribution in [0.15, 0.2) is 0 Å². The van der Waals surface area contributed by atoms with Gasteiger partial charge in [-0.05, 0) is 38.0 Å². The van der Waals surface area contributed by atoms with E-state index < -0.39 is 0 Å². The number of hydrogen-bond donors (Lipinski definition) is 1. The average Bonchev–Trinajstić information content (AvgIpc) is 2.90. The van der Waals surface area contributed by atoms with E-state index >= 15 is 0 Å². The highest BCUT2D eigenvalue weighted by Gasteiger charge is 2.34. The minimum atomic E-state index is 0.148. The van der Waals surface area contributed by atoms with Gasteiger partial charge in [-0.2, -0.15) is 0 Å². The molecule has 0 unspecified atom stereocenters. The summed E-state index contributed by atoms with van der Waals surface area (Å²) in [4.78, 5) is 8.52. The Kier molecular flexibility index (Phi) is 4.61. The van der Waals surface area contributed by atoms with Crippen molar-refractivity contribution in [1.82, 2.24) is 4.98 Å². The molecule has 0 bridgehead atoms. The van der Waals surface area contributed by atoms with Crippen LogP contribution in [0.1, 0.15) is 62.4 Å². The average molecular weight is 294 g/mol. The van der Waals surface area contributed by atoms with Crippen molar-refractivity contribution in [2.24, 2.45) is 5.92 Å². The SMILES string of the molecule is CCCc1nc(N2CCC[C@H]3CCCC[C@H]32)sc1CO. The molecule has 4 heteroatoms. The van der Waals surface area contributed by atoms with Gasteiger partial charge in [0.15, 0.2) is 5.13 Å². The summed E-state index contributed by atoms with van der Waals surface area (Å²) < 4.78 is 0. The number of thiazole rings is 1. The van der Waals surface area contributed by atoms with Crippen molar-refractivity contribution in [2.75, 3.05) is 11.4 Å². The normalized spacial score (nSPS) is 26.6. The van der Waals surface area contributed by atoms with E-state index in [2.05, 4.69) is 11.8 Å². The number of aliphatic hydroxyl groups is 1. The number of rotatable bonds is 4. The molecule has 3 rings (SSSR count). The van der Waals surface area contributed by atoms with Gasteiger partial charge in [0.05, 0.1) is 17.2 Å². The second kappa shape index (κ2) is 6.44. The Balaban J connectivity index is 1.83. The molecule has 0 spiro atoms. The molecule has 2 heterocycles. The highest BCUT2D eigenvalue weighted by atomic mass is 32.1. The number of aromatic nitrogens is 1. The predicted octanol–water partition coefficient (Wildman–Crippen LogP) is 3.75. The Morgan fingerprint density at radius 3 is 2.85 bits per heavy atom. The Hall–Kier alpha value is -0.610. The molecule has 1 N–H and O–H groups in total. The summed E-state index contributed by atoms with van der Waals surface area (Å²) in [5.74, 6) is 0.883. The fourth-order valence-electron chi connectivity index (χ4n) is 3.91. The molecular formula is C16H26N2OS. The zero-order valence-corrected chi connectivity index (χ0v) is 13.3. The number of anilines is 1. The molecular weight excluding hydrogens is 268 g/mol. The van der Waals surface area contributed by atoms with Gasteiger partial charge in [0, 0.05) is 12.6 Å². The van der Waals surface area contributed by atoms with Gasteiger partial charge < -0.3 is 10.0 Å². The quantitative estimate of drug-likeness (QED) is 0.919. The maximum Gasteiger partial charge on any atom is 0.186 e. The van der Waals surface area contributed by atoms with Gasteiger partial charge in [-0.3, -0.25) is 0 Å². The van der Waals surface area contributed by atoms with E-state index in [9.17, 15) is 5.11 Å². The summed E-state index contributed by atoms with van der Waals surface area (Å²) in [6, 6.07) is 0.713. The third-order valence-corrected chi connectivity index (χ3v) is 6.01. The first-order chi connectivity index (χ1) is 9.83. The van der Waals surface area contributed by atoms with Gasteiger partial charge in [0.1, 0.15) is 0 Å². The Labute approximate surface area is 126 Å². The molecule has 0 amide bonds. The topological polar surface area (TPSA) is 36.4 Å². The summed E-state index contributed by atoms with van der Waals surface area (Å²) >= 11 is 1.73. The fourth-order valence-corrected chi connectivity index (χ4v) is 4.96. The van der Waals surface area contributed by atoms with Gasteiger partial charge in [-0.1, -0.05) is 37.5 Å². The largest absolute Gasteiger partial charge is 0.391 e. The number of aliphatic hydroxyl groups excluding tert-OH is 1. The van der Waals surface area contributed by atoms with Crippen LogP contribution in [0.3, 0.4) is 0 Å². The van der Waals surface area contributed by atoms with Gasteiger partial charge in [-0.25, -0.2) is 4.98 Å². The number of piperidine rings is 1. The lowest BCUT2D eigenvalue weighted by atomic mass is 9.78. The molecule has 2 fully saturated rings. The number of hydrogen-bond acceptors (Lipinski definition) is 4. The van der Waals surface area contributed by atoms with E-state index in [4.69, 9.17) is 4.98 Å². The van der Waals surface area contributed by atoms with Crippen LogP contribution in [0.25, 0.3) is 0 Å². The summed E-state index contributed by atoms with van der Waals surface area (Å²) in [6.07, 6.45) is 10.3. The van der Waals surface area contributed by atoms with Crippen LogP contribution in [0.5, 0.6) is 0 Å². The van der Waals surface area contributed by atoms with Crippen LogP contribution >= 0.6 is 11.3 Å². The molecule has 0 radical (unpaired) electrons. The van der Waals surface area contributed by atoms with Crippen molar-refractivity contribution in [1.29, 1.82) is 0 Å². The minimum absolute atomic E-state index is 0.148.